The average molecular weight is 883 g/mol. The van der Waals surface area contributed by atoms with Gasteiger partial charge in [0.05, 0.1) is 0 Å². The number of allylic oxidation sites excluding steroid dienone is 8. The molecule has 8 rings (SSSR count). The van der Waals surface area contributed by atoms with E-state index in [1.807, 2.05) is 12.2 Å². The first-order chi connectivity index (χ1) is 25.3. The summed E-state index contributed by atoms with van der Waals surface area (Å²) in [6.45, 7) is 14.0. The van der Waals surface area contributed by atoms with E-state index in [4.69, 9.17) is 0 Å². The molecule has 0 fully saturated rings. The molecular weight excluding hydrogens is 841 g/mol. The van der Waals surface area contributed by atoms with Gasteiger partial charge < -0.3 is 24.8 Å². The van der Waals surface area contributed by atoms with E-state index < -0.39 is 23.5 Å². The zero-order valence-corrected chi connectivity index (χ0v) is 36.0. The van der Waals surface area contributed by atoms with Crippen molar-refractivity contribution < 1.29 is 75.4 Å². The zero-order valence-electron chi connectivity index (χ0n) is 32.0. The molecule has 0 saturated heterocycles. The number of hydrogen-bond acceptors (Lipinski definition) is 0. The molecule has 292 valence electrons. The summed E-state index contributed by atoms with van der Waals surface area (Å²) in [4.78, 5) is 0. The van der Waals surface area contributed by atoms with Crippen molar-refractivity contribution in [2.75, 3.05) is 0 Å². The molecule has 0 nitrogen and oxygen atoms in total. The maximum atomic E-state index is 12.5. The summed E-state index contributed by atoms with van der Waals surface area (Å²) in [5, 5.41) is 5.61. The van der Waals surface area contributed by atoms with Crippen molar-refractivity contribution in [3.05, 3.63) is 160 Å². The summed E-state index contributed by atoms with van der Waals surface area (Å²) in [5.41, 5.74) is 8.79. The van der Waals surface area contributed by atoms with Gasteiger partial charge >= 0.3 is 137 Å². The summed E-state index contributed by atoms with van der Waals surface area (Å²) >= 11 is 0.898. The average Bonchev–Trinajstić information content (AvgIpc) is 3.82. The second-order valence-corrected chi connectivity index (χ2v) is 16.8. The molecule has 0 radical (unpaired) electrons. The molecule has 0 heterocycles. The van der Waals surface area contributed by atoms with Gasteiger partial charge in [0.2, 0.25) is 0 Å². The first-order valence-corrected chi connectivity index (χ1v) is 19.2. The van der Waals surface area contributed by atoms with E-state index in [0.29, 0.717) is 14.3 Å². The fraction of sp³-hybridized carbons (Fsp3) is 0.277. The Morgan fingerprint density at radius 2 is 1.04 bits per heavy atom. The second kappa shape index (κ2) is 17.2. The van der Waals surface area contributed by atoms with E-state index in [1.54, 1.807) is 0 Å². The van der Waals surface area contributed by atoms with Gasteiger partial charge in [0.15, 0.2) is 0 Å². The molecule has 0 atom stereocenters. The molecule has 0 saturated carbocycles. The SMILES string of the molecule is CC1=CCC(C)(C)c2cc3[cH-]c4cc5c(cc4c3cc21)C(C)=CCC5(C)C.FC(F)(F)c1ccc([C](=[Zr+2])c2ccc(C(F)(F)F)cc2)cc1.[C-]1=CC=CC1.[Cl-].[Cl-]. The standard InChI is InChI=1S/C27H29.C15H8F6.C5H5.2ClH.Zr/c1-16-7-9-26(3,4)24-12-18-11-19-13-25-21(17(2)8-10-27(25,5)6)15-23(19)22(18)14-20(16)24;16-14(17,18)12-5-1-10(2-6-12)9-11-3-7-13(8-4-11)15(19,20)21;1-2-4-5-3-1;;;/h7-8,11-15H,9-10H2,1-6H3;1-8H;1-3H,4H2;2*1H;/q-1;;-1;;;+2/p-2. The summed E-state index contributed by atoms with van der Waals surface area (Å²) in [6, 6.07) is 21.4. The molecule has 0 bridgehead atoms. The van der Waals surface area contributed by atoms with Gasteiger partial charge in [0.25, 0.3) is 0 Å². The Bertz CT molecular complexity index is 2190. The molecule has 5 aromatic rings. The predicted molar refractivity (Wildman–Crippen MR) is 207 cm³/mol. The smallest absolute Gasteiger partial charge is 0.109 e. The Morgan fingerprint density at radius 1 is 0.643 bits per heavy atom. The molecule has 0 aromatic heterocycles. The van der Waals surface area contributed by atoms with E-state index in [2.05, 4.69) is 96.2 Å². The van der Waals surface area contributed by atoms with Crippen molar-refractivity contribution in [3.8, 4) is 0 Å². The maximum Gasteiger partial charge on any atom is -0.109 e. The first-order valence-electron chi connectivity index (χ1n) is 18.0. The van der Waals surface area contributed by atoms with Gasteiger partial charge in [-0.15, -0.1) is 46.2 Å². The van der Waals surface area contributed by atoms with E-state index in [0.717, 1.165) is 67.8 Å². The van der Waals surface area contributed by atoms with E-state index in [9.17, 15) is 26.3 Å². The molecule has 5 aromatic carbocycles. The van der Waals surface area contributed by atoms with Crippen LogP contribution in [0.1, 0.15) is 105 Å². The summed E-state index contributed by atoms with van der Waals surface area (Å²) in [5.74, 6) is 0. The fourth-order valence-corrected chi connectivity index (χ4v) is 8.11. The molecule has 3 aliphatic rings. The summed E-state index contributed by atoms with van der Waals surface area (Å²) in [7, 11) is 0. The number of rotatable bonds is 2. The van der Waals surface area contributed by atoms with Gasteiger partial charge in [0, 0.05) is 0 Å². The van der Waals surface area contributed by atoms with Gasteiger partial charge in [0.1, 0.15) is 0 Å². The van der Waals surface area contributed by atoms with Crippen LogP contribution in [0.2, 0.25) is 0 Å². The summed E-state index contributed by atoms with van der Waals surface area (Å²) in [6.07, 6.45) is 8.27. The number of fused-ring (bicyclic) bond motifs is 5. The second-order valence-electron chi connectivity index (χ2n) is 15.6. The molecule has 0 spiro atoms. The molecule has 9 heteroatoms. The van der Waals surface area contributed by atoms with Crippen LogP contribution in [0, 0.1) is 6.08 Å². The van der Waals surface area contributed by atoms with Crippen molar-refractivity contribution in [1.82, 2.24) is 0 Å². The van der Waals surface area contributed by atoms with Gasteiger partial charge in [-0.2, -0.15) is 6.08 Å². The molecule has 56 heavy (non-hydrogen) atoms. The monoisotopic (exact) mass is 880 g/mol. The molecular formula is C47H42Cl2F6Zr-2. The van der Waals surface area contributed by atoms with Crippen LogP contribution in [-0.4, -0.2) is 3.21 Å². The first kappa shape index (κ1) is 45.3. The molecule has 0 aliphatic heterocycles. The van der Waals surface area contributed by atoms with Crippen LogP contribution in [0.3, 0.4) is 0 Å². The van der Waals surface area contributed by atoms with Crippen molar-refractivity contribution in [3.63, 3.8) is 0 Å². The predicted octanol–water partition coefficient (Wildman–Crippen LogP) is 8.03. The fourth-order valence-electron chi connectivity index (χ4n) is 7.29. The largest absolute Gasteiger partial charge is 1.00 e. The van der Waals surface area contributed by atoms with Crippen LogP contribution in [0.5, 0.6) is 0 Å². The van der Waals surface area contributed by atoms with Crippen LogP contribution in [0.25, 0.3) is 32.7 Å². The maximum absolute atomic E-state index is 12.5. The normalized spacial score (nSPS) is 16.2. The van der Waals surface area contributed by atoms with Gasteiger partial charge in [-0.1, -0.05) is 63.1 Å². The number of halogens is 8. The molecule has 0 N–H and O–H groups in total. The third kappa shape index (κ3) is 9.66. The van der Waals surface area contributed by atoms with Crippen molar-refractivity contribution in [2.45, 2.75) is 84.0 Å². The van der Waals surface area contributed by atoms with Crippen LogP contribution >= 0.6 is 0 Å². The van der Waals surface area contributed by atoms with Gasteiger partial charge in [-0.05, 0) is 59.8 Å². The third-order valence-corrected chi connectivity index (χ3v) is 12.1. The summed E-state index contributed by atoms with van der Waals surface area (Å²) < 4.78 is 75.6. The number of hydrogen-bond donors (Lipinski definition) is 0. The van der Waals surface area contributed by atoms with E-state index >= 15 is 0 Å². The van der Waals surface area contributed by atoms with Crippen LogP contribution in [0.4, 0.5) is 26.3 Å². The van der Waals surface area contributed by atoms with Gasteiger partial charge in [-0.3, -0.25) is 6.08 Å². The van der Waals surface area contributed by atoms with Crippen molar-refractivity contribution >= 4 is 35.9 Å². The number of alkyl halides is 6. The quantitative estimate of drug-likeness (QED) is 0.125. The third-order valence-electron chi connectivity index (χ3n) is 10.7. The Balaban J connectivity index is 0.000000218. The van der Waals surface area contributed by atoms with Gasteiger partial charge in [-0.25, -0.2) is 12.2 Å². The van der Waals surface area contributed by atoms with Crippen LogP contribution < -0.4 is 24.8 Å². The van der Waals surface area contributed by atoms with Crippen molar-refractivity contribution in [1.29, 1.82) is 0 Å². The molecule has 3 aliphatic carbocycles. The van der Waals surface area contributed by atoms with E-state index in [-0.39, 0.29) is 35.6 Å². The Labute approximate surface area is 353 Å². The number of benzene rings is 4. The minimum absolute atomic E-state index is 0. The Hall–Kier alpha value is -3.38. The Kier molecular flexibility index (Phi) is 13.9. The topological polar surface area (TPSA) is 0 Å². The minimum Gasteiger partial charge on any atom is -1.00 e. The van der Waals surface area contributed by atoms with Crippen molar-refractivity contribution in [2.24, 2.45) is 0 Å². The molecule has 0 amide bonds. The minimum atomic E-state index is -4.41. The zero-order chi connectivity index (χ0) is 39.2. The molecule has 0 unspecified atom stereocenters. The van der Waals surface area contributed by atoms with E-state index in [1.165, 1.54) is 79.2 Å². The van der Waals surface area contributed by atoms with Crippen LogP contribution in [0.15, 0.2) is 109 Å². The Morgan fingerprint density at radius 3 is 1.34 bits per heavy atom. The van der Waals surface area contributed by atoms with Crippen LogP contribution in [-0.2, 0) is 47.4 Å².